The highest BCUT2D eigenvalue weighted by atomic mass is 32.2. The minimum atomic E-state index is -3.12. The molecular formula is C22H25N5O4S. The maximum Gasteiger partial charge on any atom is 0.264 e. The first kappa shape index (κ1) is 20.9. The fourth-order valence-corrected chi connectivity index (χ4v) is 6.64. The summed E-state index contributed by atoms with van der Waals surface area (Å²) in [6.45, 7) is -0.161. The molecule has 1 aliphatic carbocycles. The predicted molar refractivity (Wildman–Crippen MR) is 119 cm³/mol. The Kier molecular flexibility index (Phi) is 5.32. The zero-order chi connectivity index (χ0) is 22.3. The molecule has 0 N–H and O–H groups in total. The first-order chi connectivity index (χ1) is 15.4. The SMILES string of the molecule is O=C(Cn1cnc2c(cnn2-c2ccccc2)c1=O)N(C1CCCC1)[C@@H]1CCS(=O)(=O)C1. The maximum absolute atomic E-state index is 13.3. The molecule has 32 heavy (non-hydrogen) atoms. The van der Waals surface area contributed by atoms with Gasteiger partial charge in [0.2, 0.25) is 5.91 Å². The standard InChI is InChI=1S/C22H25N5O4S/c28-20(26(16-6-4-5-7-16)18-10-11-32(30,31)14-18)13-25-15-23-21-19(22(25)29)12-24-27(21)17-8-2-1-3-9-17/h1-3,8-9,12,15-16,18H,4-7,10-11,13-14H2/t18-/m1/s1. The molecule has 168 valence electrons. The number of rotatable bonds is 5. The van der Waals surface area contributed by atoms with Gasteiger partial charge >= 0.3 is 0 Å². The smallest absolute Gasteiger partial charge is 0.264 e. The number of amides is 1. The number of hydrogen-bond donors (Lipinski definition) is 0. The minimum Gasteiger partial charge on any atom is -0.334 e. The van der Waals surface area contributed by atoms with Crippen LogP contribution in [0, 0.1) is 0 Å². The first-order valence-corrected chi connectivity index (χ1v) is 12.8. The van der Waals surface area contributed by atoms with Crippen LogP contribution in [-0.2, 0) is 21.2 Å². The third kappa shape index (κ3) is 3.83. The van der Waals surface area contributed by atoms with Gasteiger partial charge in [0.15, 0.2) is 15.5 Å². The van der Waals surface area contributed by atoms with Crippen LogP contribution < -0.4 is 5.56 Å². The highest BCUT2D eigenvalue weighted by Gasteiger charge is 2.39. The molecule has 0 bridgehead atoms. The van der Waals surface area contributed by atoms with Crippen molar-refractivity contribution in [1.82, 2.24) is 24.2 Å². The second-order valence-corrected chi connectivity index (χ2v) is 10.8. The molecule has 1 saturated heterocycles. The lowest BCUT2D eigenvalue weighted by Crippen LogP contribution is -2.49. The molecule has 0 radical (unpaired) electrons. The van der Waals surface area contributed by atoms with E-state index < -0.39 is 9.84 Å². The molecule has 1 atom stereocenters. The molecule has 1 saturated carbocycles. The summed E-state index contributed by atoms with van der Waals surface area (Å²) in [5.41, 5.74) is 0.883. The Bertz CT molecular complexity index is 1310. The number of hydrogen-bond acceptors (Lipinski definition) is 6. The van der Waals surface area contributed by atoms with E-state index in [0.29, 0.717) is 17.5 Å². The van der Waals surface area contributed by atoms with E-state index in [1.165, 1.54) is 17.1 Å². The van der Waals surface area contributed by atoms with Gasteiger partial charge in [0, 0.05) is 12.1 Å². The zero-order valence-electron chi connectivity index (χ0n) is 17.6. The van der Waals surface area contributed by atoms with Crippen molar-refractivity contribution in [2.24, 2.45) is 0 Å². The summed E-state index contributed by atoms with van der Waals surface area (Å²) >= 11 is 0. The summed E-state index contributed by atoms with van der Waals surface area (Å²) in [5.74, 6) is -0.108. The average Bonchev–Trinajstić information content (AvgIpc) is 3.52. The fourth-order valence-electron chi connectivity index (χ4n) is 4.93. The van der Waals surface area contributed by atoms with E-state index in [1.54, 1.807) is 9.58 Å². The maximum atomic E-state index is 13.3. The molecule has 1 aromatic carbocycles. The third-order valence-corrected chi connectivity index (χ3v) is 8.22. The lowest BCUT2D eigenvalue weighted by molar-refractivity contribution is -0.136. The van der Waals surface area contributed by atoms with E-state index in [2.05, 4.69) is 10.1 Å². The van der Waals surface area contributed by atoms with Gasteiger partial charge in [-0.15, -0.1) is 0 Å². The van der Waals surface area contributed by atoms with E-state index in [-0.39, 0.29) is 41.6 Å². The molecule has 3 heterocycles. The van der Waals surface area contributed by atoms with Crippen LogP contribution in [-0.4, -0.2) is 62.1 Å². The minimum absolute atomic E-state index is 0.00523. The Morgan fingerprint density at radius 2 is 1.84 bits per heavy atom. The van der Waals surface area contributed by atoms with Gasteiger partial charge in [-0.25, -0.2) is 18.1 Å². The number of nitrogens with zero attached hydrogens (tertiary/aromatic N) is 5. The number of carbonyl (C=O) groups is 1. The van der Waals surface area contributed by atoms with Crippen molar-refractivity contribution in [1.29, 1.82) is 0 Å². The quantitative estimate of drug-likeness (QED) is 0.578. The normalized spacial score (nSPS) is 20.7. The Morgan fingerprint density at radius 1 is 1.09 bits per heavy atom. The van der Waals surface area contributed by atoms with Crippen LogP contribution in [0.4, 0.5) is 0 Å². The predicted octanol–water partition coefficient (Wildman–Crippen LogP) is 1.54. The van der Waals surface area contributed by atoms with Crippen LogP contribution in [0.1, 0.15) is 32.1 Å². The number of carbonyl (C=O) groups excluding carboxylic acids is 1. The van der Waals surface area contributed by atoms with Crippen LogP contribution in [0.5, 0.6) is 0 Å². The molecule has 5 rings (SSSR count). The molecule has 2 fully saturated rings. The number of sulfone groups is 1. The lowest BCUT2D eigenvalue weighted by atomic mass is 10.1. The molecule has 10 heteroatoms. The molecule has 3 aromatic rings. The van der Waals surface area contributed by atoms with Gasteiger partial charge in [-0.05, 0) is 31.4 Å². The Labute approximate surface area is 185 Å². The van der Waals surface area contributed by atoms with Crippen LogP contribution >= 0.6 is 0 Å². The summed E-state index contributed by atoms with van der Waals surface area (Å²) in [6, 6.07) is 9.12. The molecule has 0 spiro atoms. The van der Waals surface area contributed by atoms with E-state index >= 15 is 0 Å². The Hall–Kier alpha value is -3.01. The number of fused-ring (bicyclic) bond motifs is 1. The van der Waals surface area contributed by atoms with Crippen LogP contribution in [0.3, 0.4) is 0 Å². The Morgan fingerprint density at radius 3 is 2.53 bits per heavy atom. The van der Waals surface area contributed by atoms with Gasteiger partial charge in [0.25, 0.3) is 5.56 Å². The van der Waals surface area contributed by atoms with E-state index in [1.807, 2.05) is 30.3 Å². The van der Waals surface area contributed by atoms with Gasteiger partial charge in [0.05, 0.1) is 23.4 Å². The molecule has 9 nitrogen and oxygen atoms in total. The largest absolute Gasteiger partial charge is 0.334 e. The highest BCUT2D eigenvalue weighted by Crippen LogP contribution is 2.29. The van der Waals surface area contributed by atoms with Crippen molar-refractivity contribution < 1.29 is 13.2 Å². The summed E-state index contributed by atoms with van der Waals surface area (Å²) in [4.78, 5) is 32.6. The average molecular weight is 456 g/mol. The van der Waals surface area contributed by atoms with Crippen molar-refractivity contribution in [2.45, 2.75) is 50.7 Å². The lowest BCUT2D eigenvalue weighted by Gasteiger charge is -2.34. The molecule has 2 aromatic heterocycles. The fraction of sp³-hybridized carbons (Fsp3) is 0.455. The van der Waals surface area contributed by atoms with Gasteiger partial charge in [-0.3, -0.25) is 14.2 Å². The summed E-state index contributed by atoms with van der Waals surface area (Å²) in [5, 5.41) is 4.64. The topological polar surface area (TPSA) is 107 Å². The molecule has 2 aliphatic rings. The van der Waals surface area contributed by atoms with Gasteiger partial charge in [-0.1, -0.05) is 31.0 Å². The van der Waals surface area contributed by atoms with Crippen molar-refractivity contribution in [2.75, 3.05) is 11.5 Å². The number of benzene rings is 1. The molecule has 1 amide bonds. The van der Waals surface area contributed by atoms with Crippen LogP contribution in [0.15, 0.2) is 47.7 Å². The van der Waals surface area contributed by atoms with Crippen molar-refractivity contribution >= 4 is 26.8 Å². The molecule has 1 aliphatic heterocycles. The van der Waals surface area contributed by atoms with Crippen molar-refractivity contribution in [3.8, 4) is 5.69 Å². The zero-order valence-corrected chi connectivity index (χ0v) is 18.4. The summed E-state index contributed by atoms with van der Waals surface area (Å²) in [6.07, 6.45) is 7.11. The van der Waals surface area contributed by atoms with E-state index in [9.17, 15) is 18.0 Å². The molecular weight excluding hydrogens is 430 g/mol. The van der Waals surface area contributed by atoms with Crippen LogP contribution in [0.25, 0.3) is 16.7 Å². The summed E-state index contributed by atoms with van der Waals surface area (Å²) in [7, 11) is -3.12. The molecule has 0 unspecified atom stereocenters. The first-order valence-electron chi connectivity index (χ1n) is 10.9. The van der Waals surface area contributed by atoms with Gasteiger partial charge < -0.3 is 4.90 Å². The van der Waals surface area contributed by atoms with Crippen molar-refractivity contribution in [3.05, 3.63) is 53.2 Å². The second-order valence-electron chi connectivity index (χ2n) is 8.60. The van der Waals surface area contributed by atoms with Gasteiger partial charge in [-0.2, -0.15) is 5.10 Å². The van der Waals surface area contributed by atoms with Crippen LogP contribution in [0.2, 0.25) is 0 Å². The highest BCUT2D eigenvalue weighted by molar-refractivity contribution is 7.91. The van der Waals surface area contributed by atoms with Crippen molar-refractivity contribution in [3.63, 3.8) is 0 Å². The second kappa shape index (κ2) is 8.16. The van der Waals surface area contributed by atoms with Gasteiger partial charge in [0.1, 0.15) is 18.3 Å². The number of aromatic nitrogens is 4. The van der Waals surface area contributed by atoms with E-state index in [0.717, 1.165) is 31.4 Å². The summed E-state index contributed by atoms with van der Waals surface area (Å²) < 4.78 is 27.0. The third-order valence-electron chi connectivity index (χ3n) is 6.47. The number of para-hydroxylation sites is 1. The monoisotopic (exact) mass is 455 g/mol. The Balaban J connectivity index is 1.44. The van der Waals surface area contributed by atoms with E-state index in [4.69, 9.17) is 0 Å².